The van der Waals surface area contributed by atoms with Gasteiger partial charge in [0.2, 0.25) is 0 Å². The van der Waals surface area contributed by atoms with Gasteiger partial charge in [0.05, 0.1) is 17.7 Å². The number of hydroxylamine groups is 2. The molecule has 0 saturated carbocycles. The molecule has 5 heteroatoms. The van der Waals surface area contributed by atoms with Crippen molar-refractivity contribution >= 4 is 28.6 Å². The van der Waals surface area contributed by atoms with E-state index in [0.29, 0.717) is 16.6 Å². The predicted molar refractivity (Wildman–Crippen MR) is 83.5 cm³/mol. The van der Waals surface area contributed by atoms with Crippen LogP contribution in [0, 0.1) is 0 Å². The molecular weight excluding hydrogens is 357 g/mol. The molecule has 1 rings (SSSR count). The van der Waals surface area contributed by atoms with E-state index in [4.69, 9.17) is 4.74 Å². The second-order valence-corrected chi connectivity index (χ2v) is 6.41. The predicted octanol–water partition coefficient (Wildman–Crippen LogP) is 3.10. The van der Waals surface area contributed by atoms with Gasteiger partial charge in [0.15, 0.2) is 0 Å². The summed E-state index contributed by atoms with van der Waals surface area (Å²) >= 11 is 2.14. The number of nitrogens with zero attached hydrogens (tertiary/aromatic N) is 1. The first-order valence-corrected chi connectivity index (χ1v) is 7.85. The van der Waals surface area contributed by atoms with Crippen LogP contribution in [0.2, 0.25) is 0 Å². The van der Waals surface area contributed by atoms with Gasteiger partial charge in [-0.2, -0.15) is 5.06 Å². The van der Waals surface area contributed by atoms with Crippen molar-refractivity contribution in [1.29, 1.82) is 0 Å². The van der Waals surface area contributed by atoms with Gasteiger partial charge in [0.25, 0.3) is 0 Å². The zero-order chi connectivity index (χ0) is 14.8. The van der Waals surface area contributed by atoms with Crippen LogP contribution in [0.25, 0.3) is 0 Å². The molecule has 0 amide bonds. The van der Waals surface area contributed by atoms with E-state index in [0.717, 1.165) is 5.57 Å². The molecule has 19 heavy (non-hydrogen) atoms. The van der Waals surface area contributed by atoms with Gasteiger partial charge in [-0.15, -0.1) is 0 Å². The van der Waals surface area contributed by atoms with E-state index in [2.05, 4.69) is 22.6 Å². The molecule has 0 unspecified atom stereocenters. The highest BCUT2D eigenvalue weighted by atomic mass is 127. The van der Waals surface area contributed by atoms with Gasteiger partial charge in [-0.05, 0) is 46.3 Å². The van der Waals surface area contributed by atoms with Crippen LogP contribution in [0.5, 0.6) is 0 Å². The van der Waals surface area contributed by atoms with Gasteiger partial charge in [0.1, 0.15) is 0 Å². The maximum Gasteiger partial charge on any atom is 0.334 e. The second kappa shape index (κ2) is 5.93. The van der Waals surface area contributed by atoms with E-state index < -0.39 is 11.1 Å². The van der Waals surface area contributed by atoms with Crippen LogP contribution in [-0.4, -0.2) is 38.4 Å². The van der Waals surface area contributed by atoms with Crippen molar-refractivity contribution in [3.63, 3.8) is 0 Å². The van der Waals surface area contributed by atoms with Crippen LogP contribution in [0.4, 0.5) is 0 Å². The Labute approximate surface area is 128 Å². The molecule has 0 aromatic rings. The summed E-state index contributed by atoms with van der Waals surface area (Å²) in [7, 11) is 0. The highest BCUT2D eigenvalue weighted by molar-refractivity contribution is 14.1. The lowest BCUT2D eigenvalue weighted by Gasteiger charge is -2.35. The normalized spacial score (nSPS) is 22.3. The summed E-state index contributed by atoms with van der Waals surface area (Å²) in [6.45, 7) is 9.89. The first-order chi connectivity index (χ1) is 8.66. The number of hydrogen-bond acceptors (Lipinski definition) is 4. The lowest BCUT2D eigenvalue weighted by molar-refractivity contribution is -0.184. The zero-order valence-electron chi connectivity index (χ0n) is 12.2. The molecule has 0 bridgehead atoms. The molecular formula is C14H22INO3. The highest BCUT2D eigenvalue weighted by Gasteiger charge is 2.44. The Bertz CT molecular complexity index is 424. The molecule has 0 atom stereocenters. The number of esters is 1. The molecule has 0 saturated heterocycles. The summed E-state index contributed by atoms with van der Waals surface area (Å²) in [6, 6.07) is 0. The number of carbonyl (C=O) groups is 1. The number of ether oxygens (including phenoxy) is 1. The number of hydrogen-bond donors (Lipinski definition) is 1. The largest absolute Gasteiger partial charge is 0.463 e. The van der Waals surface area contributed by atoms with Crippen molar-refractivity contribution in [2.45, 2.75) is 45.7 Å². The molecule has 1 N–H and O–H groups in total. The Morgan fingerprint density at radius 3 is 2.42 bits per heavy atom. The third-order valence-electron chi connectivity index (χ3n) is 3.30. The first-order valence-electron chi connectivity index (χ1n) is 6.33. The number of carbonyl (C=O) groups excluding carboxylic acids is 1. The van der Waals surface area contributed by atoms with Crippen molar-refractivity contribution in [3.05, 3.63) is 23.3 Å². The minimum absolute atomic E-state index is 0.289. The molecule has 0 fully saturated rings. The molecule has 0 aromatic carbocycles. The van der Waals surface area contributed by atoms with Crippen LogP contribution < -0.4 is 0 Å². The van der Waals surface area contributed by atoms with E-state index >= 15 is 0 Å². The third-order valence-corrected chi connectivity index (χ3v) is 4.12. The number of rotatable bonds is 4. The highest BCUT2D eigenvalue weighted by Crippen LogP contribution is 2.39. The summed E-state index contributed by atoms with van der Waals surface area (Å²) in [5.74, 6) is -0.289. The van der Waals surface area contributed by atoms with Gasteiger partial charge in [-0.25, -0.2) is 4.79 Å². The van der Waals surface area contributed by atoms with Crippen molar-refractivity contribution in [2.24, 2.45) is 0 Å². The molecule has 0 aromatic heterocycles. The smallest absolute Gasteiger partial charge is 0.334 e. The topological polar surface area (TPSA) is 49.8 Å². The van der Waals surface area contributed by atoms with Crippen molar-refractivity contribution in [1.82, 2.24) is 5.06 Å². The Morgan fingerprint density at radius 2 is 2.05 bits per heavy atom. The Balaban J connectivity index is 3.12. The van der Waals surface area contributed by atoms with E-state index in [1.165, 1.54) is 5.06 Å². The summed E-state index contributed by atoms with van der Waals surface area (Å²) in [4.78, 5) is 11.8. The SMILES string of the molecule is CCOC(=O)C(=CC1=CC(C)(C)N(O)C1(C)C)CI. The molecule has 0 spiro atoms. The number of halogens is 1. The summed E-state index contributed by atoms with van der Waals surface area (Å²) in [5.41, 5.74) is 0.584. The fourth-order valence-electron chi connectivity index (χ4n) is 2.24. The average molecular weight is 379 g/mol. The quantitative estimate of drug-likeness (QED) is 0.353. The fraction of sp³-hybridized carbons (Fsp3) is 0.643. The van der Waals surface area contributed by atoms with Gasteiger partial charge in [-0.3, -0.25) is 0 Å². The lowest BCUT2D eigenvalue weighted by atomic mass is 9.95. The first kappa shape index (κ1) is 16.7. The van der Waals surface area contributed by atoms with E-state index in [9.17, 15) is 10.0 Å². The third kappa shape index (κ3) is 3.38. The molecule has 108 valence electrons. The second-order valence-electron chi connectivity index (χ2n) is 5.65. The van der Waals surface area contributed by atoms with E-state index in [1.807, 2.05) is 39.8 Å². The van der Waals surface area contributed by atoms with E-state index in [1.54, 1.807) is 6.92 Å². The molecule has 0 aliphatic carbocycles. The van der Waals surface area contributed by atoms with Crippen LogP contribution in [0.3, 0.4) is 0 Å². The van der Waals surface area contributed by atoms with Gasteiger partial charge in [-0.1, -0.05) is 28.7 Å². The molecule has 0 radical (unpaired) electrons. The minimum atomic E-state index is -0.521. The van der Waals surface area contributed by atoms with Crippen molar-refractivity contribution in [3.8, 4) is 0 Å². The standard InChI is InChI=1S/C14H22INO3/c1-6-19-12(17)10(9-15)7-11-8-13(2,3)16(18)14(11,4)5/h7-8,18H,6,9H2,1-5H3. The van der Waals surface area contributed by atoms with Crippen LogP contribution in [0.1, 0.15) is 34.6 Å². The summed E-state index contributed by atoms with van der Waals surface area (Å²) in [5, 5.41) is 11.5. The Morgan fingerprint density at radius 1 is 1.47 bits per heavy atom. The summed E-state index contributed by atoms with van der Waals surface area (Å²) < 4.78 is 5.62. The number of alkyl halides is 1. The van der Waals surface area contributed by atoms with Gasteiger partial charge < -0.3 is 9.94 Å². The maximum atomic E-state index is 11.8. The van der Waals surface area contributed by atoms with Crippen molar-refractivity contribution in [2.75, 3.05) is 11.0 Å². The van der Waals surface area contributed by atoms with Crippen molar-refractivity contribution < 1.29 is 14.7 Å². The van der Waals surface area contributed by atoms with E-state index in [-0.39, 0.29) is 5.97 Å². The van der Waals surface area contributed by atoms with Crippen LogP contribution in [0.15, 0.2) is 23.3 Å². The van der Waals surface area contributed by atoms with Gasteiger partial charge in [0, 0.05) is 10.0 Å². The molecule has 1 heterocycles. The lowest BCUT2D eigenvalue weighted by Crippen LogP contribution is -2.47. The molecule has 1 aliphatic rings. The fourth-order valence-corrected chi connectivity index (χ4v) is 2.77. The molecule has 1 aliphatic heterocycles. The Hall–Kier alpha value is -0.400. The average Bonchev–Trinajstić information content (AvgIpc) is 2.47. The van der Waals surface area contributed by atoms with Crippen LogP contribution in [-0.2, 0) is 9.53 Å². The Kier molecular flexibility index (Phi) is 5.20. The zero-order valence-corrected chi connectivity index (χ0v) is 14.3. The minimum Gasteiger partial charge on any atom is -0.463 e. The monoisotopic (exact) mass is 379 g/mol. The summed E-state index contributed by atoms with van der Waals surface area (Å²) in [6.07, 6.45) is 3.82. The molecule has 4 nitrogen and oxygen atoms in total. The van der Waals surface area contributed by atoms with Gasteiger partial charge >= 0.3 is 5.97 Å². The maximum absolute atomic E-state index is 11.8. The van der Waals surface area contributed by atoms with Crippen LogP contribution >= 0.6 is 22.6 Å².